The predicted octanol–water partition coefficient (Wildman–Crippen LogP) is 1.98. The van der Waals surface area contributed by atoms with Gasteiger partial charge in [0.25, 0.3) is 5.91 Å². The van der Waals surface area contributed by atoms with Crippen LogP contribution in [-0.2, 0) is 0 Å². The van der Waals surface area contributed by atoms with Crippen molar-refractivity contribution in [1.29, 1.82) is 0 Å². The van der Waals surface area contributed by atoms with Crippen molar-refractivity contribution in [2.45, 2.75) is 32.2 Å². The molecule has 0 bridgehead atoms. The van der Waals surface area contributed by atoms with Crippen LogP contribution in [0.3, 0.4) is 0 Å². The molecular weight excluding hydrogens is 214 g/mol. The fourth-order valence-electron chi connectivity index (χ4n) is 1.62. The molecule has 1 fully saturated rings. The molecule has 1 aromatic carbocycles. The zero-order chi connectivity index (χ0) is 12.3. The van der Waals surface area contributed by atoms with Crippen LogP contribution in [0.15, 0.2) is 18.2 Å². The maximum atomic E-state index is 11.8. The van der Waals surface area contributed by atoms with E-state index in [4.69, 9.17) is 5.73 Å². The van der Waals surface area contributed by atoms with Gasteiger partial charge in [-0.3, -0.25) is 4.79 Å². The van der Waals surface area contributed by atoms with Crippen LogP contribution in [0.4, 0.5) is 11.4 Å². The van der Waals surface area contributed by atoms with Gasteiger partial charge in [-0.15, -0.1) is 0 Å². The van der Waals surface area contributed by atoms with Crippen molar-refractivity contribution in [2.24, 2.45) is 0 Å². The largest absolute Gasteiger partial charge is 0.397 e. The van der Waals surface area contributed by atoms with E-state index in [-0.39, 0.29) is 5.91 Å². The number of rotatable bonds is 5. The first kappa shape index (κ1) is 11.8. The highest BCUT2D eigenvalue weighted by Gasteiger charge is 2.23. The van der Waals surface area contributed by atoms with Gasteiger partial charge in [-0.25, -0.2) is 0 Å². The van der Waals surface area contributed by atoms with Gasteiger partial charge in [-0.2, -0.15) is 0 Å². The third-order valence-corrected chi connectivity index (χ3v) is 2.79. The highest BCUT2D eigenvalue weighted by Crippen LogP contribution is 2.22. The molecule has 0 saturated heterocycles. The monoisotopic (exact) mass is 233 g/mol. The van der Waals surface area contributed by atoms with E-state index < -0.39 is 0 Å². The Labute approximate surface area is 102 Å². The normalized spacial score (nSPS) is 14.4. The average Bonchev–Trinajstić information content (AvgIpc) is 3.11. The summed E-state index contributed by atoms with van der Waals surface area (Å²) in [7, 11) is 0. The van der Waals surface area contributed by atoms with Crippen molar-refractivity contribution in [1.82, 2.24) is 5.32 Å². The minimum atomic E-state index is -0.0266. The highest BCUT2D eigenvalue weighted by atomic mass is 16.1. The Bertz CT molecular complexity index is 413. The van der Waals surface area contributed by atoms with E-state index in [9.17, 15) is 4.79 Å². The van der Waals surface area contributed by atoms with E-state index >= 15 is 0 Å². The van der Waals surface area contributed by atoms with Gasteiger partial charge in [0, 0.05) is 18.2 Å². The summed E-state index contributed by atoms with van der Waals surface area (Å²) in [5.41, 5.74) is 8.06. The lowest BCUT2D eigenvalue weighted by Gasteiger charge is -2.10. The van der Waals surface area contributed by atoms with Crippen LogP contribution < -0.4 is 16.4 Å². The molecule has 1 amide bonds. The summed E-state index contributed by atoms with van der Waals surface area (Å²) in [6.45, 7) is 2.98. The molecule has 0 unspecified atom stereocenters. The highest BCUT2D eigenvalue weighted by molar-refractivity contribution is 5.96. The van der Waals surface area contributed by atoms with Crippen molar-refractivity contribution in [3.05, 3.63) is 23.8 Å². The van der Waals surface area contributed by atoms with Crippen molar-refractivity contribution in [2.75, 3.05) is 17.6 Å². The van der Waals surface area contributed by atoms with Gasteiger partial charge in [0.15, 0.2) is 0 Å². The minimum absolute atomic E-state index is 0.0266. The summed E-state index contributed by atoms with van der Waals surface area (Å²) in [6, 6.07) is 5.79. The fraction of sp³-hybridized carbons (Fsp3) is 0.462. The van der Waals surface area contributed by atoms with E-state index in [1.807, 2.05) is 12.1 Å². The molecule has 4 N–H and O–H groups in total. The first-order valence-electron chi connectivity index (χ1n) is 6.15. The average molecular weight is 233 g/mol. The molecule has 1 saturated carbocycles. The van der Waals surface area contributed by atoms with Crippen molar-refractivity contribution >= 4 is 17.3 Å². The number of hydrogen-bond donors (Lipinski definition) is 3. The van der Waals surface area contributed by atoms with Gasteiger partial charge in [-0.05, 0) is 37.5 Å². The van der Waals surface area contributed by atoms with E-state index in [2.05, 4.69) is 17.6 Å². The molecule has 2 rings (SSSR count). The fourth-order valence-corrected chi connectivity index (χ4v) is 1.62. The van der Waals surface area contributed by atoms with E-state index in [0.29, 0.717) is 17.3 Å². The van der Waals surface area contributed by atoms with Crippen molar-refractivity contribution in [3.8, 4) is 0 Å². The van der Waals surface area contributed by atoms with Gasteiger partial charge >= 0.3 is 0 Å². The molecule has 1 aliphatic rings. The summed E-state index contributed by atoms with van der Waals surface area (Å²) in [5, 5.41) is 6.17. The van der Waals surface area contributed by atoms with Crippen LogP contribution in [0.1, 0.15) is 36.5 Å². The van der Waals surface area contributed by atoms with Gasteiger partial charge in [0.2, 0.25) is 0 Å². The number of nitrogens with two attached hydrogens (primary N) is 1. The Morgan fingerprint density at radius 2 is 2.24 bits per heavy atom. The van der Waals surface area contributed by atoms with Crippen LogP contribution in [0.2, 0.25) is 0 Å². The SMILES string of the molecule is CCCNc1ccc(C(=O)NC2CC2)cc1N. The lowest BCUT2D eigenvalue weighted by atomic mass is 10.1. The molecule has 1 aromatic rings. The van der Waals surface area contributed by atoms with Crippen molar-refractivity contribution < 1.29 is 4.79 Å². The molecule has 0 radical (unpaired) electrons. The summed E-state index contributed by atoms with van der Waals surface area (Å²) >= 11 is 0. The summed E-state index contributed by atoms with van der Waals surface area (Å²) < 4.78 is 0. The molecule has 17 heavy (non-hydrogen) atoms. The Kier molecular flexibility index (Phi) is 3.52. The molecule has 4 nitrogen and oxygen atoms in total. The Morgan fingerprint density at radius 1 is 1.47 bits per heavy atom. The molecular formula is C13H19N3O. The third kappa shape index (κ3) is 3.12. The molecule has 0 atom stereocenters. The molecule has 1 aliphatic carbocycles. The number of nitrogen functional groups attached to an aromatic ring is 1. The Hall–Kier alpha value is -1.71. The van der Waals surface area contributed by atoms with Crippen LogP contribution in [-0.4, -0.2) is 18.5 Å². The standard InChI is InChI=1S/C13H19N3O/c1-2-7-15-12-6-3-9(8-11(12)14)13(17)16-10-4-5-10/h3,6,8,10,15H,2,4-5,7,14H2,1H3,(H,16,17). The van der Waals surface area contributed by atoms with E-state index in [0.717, 1.165) is 31.5 Å². The molecule has 92 valence electrons. The number of carbonyl (C=O) groups is 1. The molecule has 0 heterocycles. The van der Waals surface area contributed by atoms with Crippen LogP contribution in [0.5, 0.6) is 0 Å². The van der Waals surface area contributed by atoms with Gasteiger partial charge < -0.3 is 16.4 Å². The number of nitrogens with one attached hydrogen (secondary N) is 2. The topological polar surface area (TPSA) is 67.2 Å². The maximum absolute atomic E-state index is 11.8. The quantitative estimate of drug-likeness (QED) is 0.681. The smallest absolute Gasteiger partial charge is 0.251 e. The second-order valence-electron chi connectivity index (χ2n) is 4.48. The van der Waals surface area contributed by atoms with Gasteiger partial charge in [-0.1, -0.05) is 6.92 Å². The maximum Gasteiger partial charge on any atom is 0.251 e. The summed E-state index contributed by atoms with van der Waals surface area (Å²) in [5.74, 6) is -0.0266. The number of amides is 1. The summed E-state index contributed by atoms with van der Waals surface area (Å²) in [6.07, 6.45) is 3.23. The first-order chi connectivity index (χ1) is 8.20. The zero-order valence-corrected chi connectivity index (χ0v) is 10.1. The van der Waals surface area contributed by atoms with E-state index in [1.54, 1.807) is 6.07 Å². The number of anilines is 2. The zero-order valence-electron chi connectivity index (χ0n) is 10.1. The second-order valence-corrected chi connectivity index (χ2v) is 4.48. The molecule has 0 aliphatic heterocycles. The summed E-state index contributed by atoms with van der Waals surface area (Å²) in [4.78, 5) is 11.8. The molecule has 0 aromatic heterocycles. The lowest BCUT2D eigenvalue weighted by molar-refractivity contribution is 0.0951. The second kappa shape index (κ2) is 5.08. The number of benzene rings is 1. The van der Waals surface area contributed by atoms with Crippen LogP contribution in [0.25, 0.3) is 0 Å². The predicted molar refractivity (Wildman–Crippen MR) is 70.1 cm³/mol. The number of hydrogen-bond acceptors (Lipinski definition) is 3. The van der Waals surface area contributed by atoms with Crippen LogP contribution in [0, 0.1) is 0 Å². The van der Waals surface area contributed by atoms with Crippen molar-refractivity contribution in [3.63, 3.8) is 0 Å². The van der Waals surface area contributed by atoms with Gasteiger partial charge in [0.05, 0.1) is 11.4 Å². The van der Waals surface area contributed by atoms with Gasteiger partial charge in [0.1, 0.15) is 0 Å². The lowest BCUT2D eigenvalue weighted by Crippen LogP contribution is -2.25. The molecule has 4 heteroatoms. The Balaban J connectivity index is 2.03. The minimum Gasteiger partial charge on any atom is -0.397 e. The Morgan fingerprint density at radius 3 is 2.82 bits per heavy atom. The molecule has 0 spiro atoms. The number of carbonyl (C=O) groups excluding carboxylic acids is 1. The first-order valence-corrected chi connectivity index (χ1v) is 6.15. The van der Waals surface area contributed by atoms with Crippen LogP contribution >= 0.6 is 0 Å². The van der Waals surface area contributed by atoms with E-state index in [1.165, 1.54) is 0 Å². The third-order valence-electron chi connectivity index (χ3n) is 2.79.